The molecule has 2 atom stereocenters. The van der Waals surface area contributed by atoms with Gasteiger partial charge in [0.25, 0.3) is 0 Å². The molecule has 0 saturated carbocycles. The Hall–Kier alpha value is -0.200. The van der Waals surface area contributed by atoms with Crippen molar-refractivity contribution in [3.8, 4) is 0 Å². The van der Waals surface area contributed by atoms with Gasteiger partial charge in [-0.1, -0.05) is 12.8 Å². The summed E-state index contributed by atoms with van der Waals surface area (Å²) in [6.07, 6.45) is 4.15. The van der Waals surface area contributed by atoms with Gasteiger partial charge in [0.05, 0.1) is 6.61 Å². The van der Waals surface area contributed by atoms with Crippen molar-refractivity contribution in [2.75, 3.05) is 26.2 Å². The molecule has 0 aliphatic rings. The minimum absolute atomic E-state index is 0.000625. The van der Waals surface area contributed by atoms with Crippen molar-refractivity contribution >= 4 is 0 Å². The van der Waals surface area contributed by atoms with Crippen LogP contribution in [0.25, 0.3) is 0 Å². The highest BCUT2D eigenvalue weighted by atomic mass is 16.3. The third-order valence-corrected chi connectivity index (χ3v) is 2.51. The van der Waals surface area contributed by atoms with Crippen LogP contribution in [-0.4, -0.2) is 43.4 Å². The van der Waals surface area contributed by atoms with Crippen LogP contribution in [0.15, 0.2) is 0 Å². The molecule has 0 radical (unpaired) electrons. The van der Waals surface area contributed by atoms with E-state index < -0.39 is 0 Å². The highest BCUT2D eigenvalue weighted by molar-refractivity contribution is 4.78. The van der Waals surface area contributed by atoms with Crippen molar-refractivity contribution in [1.82, 2.24) is 5.32 Å². The molecule has 0 saturated heterocycles. The Kier molecular flexibility index (Phi) is 10.2. The van der Waals surface area contributed by atoms with Crippen LogP contribution in [0, 0.1) is 0 Å². The SMILES string of the molecule is NCCCCCC(N)C(CO)NCCN. The molecule has 0 fully saturated rings. The summed E-state index contributed by atoms with van der Waals surface area (Å²) in [6.45, 7) is 2.07. The second kappa shape index (κ2) is 10.3. The lowest BCUT2D eigenvalue weighted by molar-refractivity contribution is 0.219. The van der Waals surface area contributed by atoms with Gasteiger partial charge in [0.2, 0.25) is 0 Å². The normalized spacial score (nSPS) is 15.2. The number of hydrogen-bond acceptors (Lipinski definition) is 5. The van der Waals surface area contributed by atoms with Crippen molar-refractivity contribution in [1.29, 1.82) is 0 Å². The molecule has 15 heavy (non-hydrogen) atoms. The number of aliphatic hydroxyl groups is 1. The lowest BCUT2D eigenvalue weighted by atomic mass is 10.0. The Morgan fingerprint density at radius 2 is 1.80 bits per heavy atom. The smallest absolute Gasteiger partial charge is 0.0599 e. The zero-order valence-corrected chi connectivity index (χ0v) is 9.49. The molecule has 0 rings (SSSR count). The van der Waals surface area contributed by atoms with Crippen LogP contribution in [0.3, 0.4) is 0 Å². The van der Waals surface area contributed by atoms with Gasteiger partial charge in [-0.05, 0) is 19.4 Å². The van der Waals surface area contributed by atoms with Gasteiger partial charge in [-0.25, -0.2) is 0 Å². The summed E-state index contributed by atoms with van der Waals surface area (Å²) in [5.74, 6) is 0. The predicted octanol–water partition coefficient (Wildman–Crippen LogP) is -1.26. The van der Waals surface area contributed by atoms with Crippen molar-refractivity contribution in [2.24, 2.45) is 17.2 Å². The molecule has 0 aliphatic heterocycles. The van der Waals surface area contributed by atoms with E-state index in [-0.39, 0.29) is 18.7 Å². The highest BCUT2D eigenvalue weighted by Crippen LogP contribution is 2.04. The summed E-state index contributed by atoms with van der Waals surface area (Å²) in [6, 6.07) is -0.0363. The minimum atomic E-state index is -0.0357. The highest BCUT2D eigenvalue weighted by Gasteiger charge is 2.15. The molecule has 0 bridgehead atoms. The summed E-state index contributed by atoms with van der Waals surface area (Å²) >= 11 is 0. The molecule has 5 heteroatoms. The topological polar surface area (TPSA) is 110 Å². The molecule has 0 aliphatic carbocycles. The molecule has 8 N–H and O–H groups in total. The van der Waals surface area contributed by atoms with Crippen molar-refractivity contribution in [3.05, 3.63) is 0 Å². The average molecular weight is 218 g/mol. The summed E-state index contributed by atoms with van der Waals surface area (Å²) in [5, 5.41) is 12.3. The lowest BCUT2D eigenvalue weighted by Crippen LogP contribution is -2.48. The van der Waals surface area contributed by atoms with Crippen LogP contribution in [0.4, 0.5) is 0 Å². The Balaban J connectivity index is 3.58. The third-order valence-electron chi connectivity index (χ3n) is 2.51. The number of hydrogen-bond donors (Lipinski definition) is 5. The fourth-order valence-electron chi connectivity index (χ4n) is 1.52. The molecule has 0 aromatic carbocycles. The van der Waals surface area contributed by atoms with Crippen LogP contribution < -0.4 is 22.5 Å². The van der Waals surface area contributed by atoms with Gasteiger partial charge in [0, 0.05) is 25.2 Å². The Bertz CT molecular complexity index is 135. The Labute approximate surface area is 92.4 Å². The predicted molar refractivity (Wildman–Crippen MR) is 63.4 cm³/mol. The second-order valence-electron chi connectivity index (χ2n) is 3.83. The van der Waals surface area contributed by atoms with Crippen molar-refractivity contribution in [2.45, 2.75) is 37.8 Å². The van der Waals surface area contributed by atoms with E-state index in [0.29, 0.717) is 13.1 Å². The molecular weight excluding hydrogens is 192 g/mol. The molecule has 5 nitrogen and oxygen atoms in total. The van der Waals surface area contributed by atoms with Gasteiger partial charge in [-0.15, -0.1) is 0 Å². The summed E-state index contributed by atoms with van der Waals surface area (Å²) in [4.78, 5) is 0. The van der Waals surface area contributed by atoms with Crippen molar-refractivity contribution in [3.63, 3.8) is 0 Å². The van der Waals surface area contributed by atoms with Gasteiger partial charge in [-0.2, -0.15) is 0 Å². The number of nitrogens with one attached hydrogen (secondary N) is 1. The standard InChI is InChI=1S/C10H26N4O/c11-5-3-1-2-4-9(13)10(8-15)14-7-6-12/h9-10,14-15H,1-8,11-13H2. The van der Waals surface area contributed by atoms with Crippen LogP contribution in [0.5, 0.6) is 0 Å². The van der Waals surface area contributed by atoms with E-state index in [1.165, 1.54) is 0 Å². The fourth-order valence-corrected chi connectivity index (χ4v) is 1.52. The van der Waals surface area contributed by atoms with Gasteiger partial charge in [0.1, 0.15) is 0 Å². The average Bonchev–Trinajstić information content (AvgIpc) is 2.25. The molecule has 2 unspecified atom stereocenters. The maximum Gasteiger partial charge on any atom is 0.0599 e. The molecule has 0 spiro atoms. The zero-order chi connectivity index (χ0) is 11.5. The maximum absolute atomic E-state index is 9.12. The number of aliphatic hydroxyl groups excluding tert-OH is 1. The van der Waals surface area contributed by atoms with Crippen LogP contribution in [0.1, 0.15) is 25.7 Å². The summed E-state index contributed by atoms with van der Waals surface area (Å²) in [5.41, 5.74) is 16.7. The first-order valence-electron chi connectivity index (χ1n) is 5.76. The second-order valence-corrected chi connectivity index (χ2v) is 3.83. The summed E-state index contributed by atoms with van der Waals surface area (Å²) < 4.78 is 0. The van der Waals surface area contributed by atoms with Gasteiger partial charge >= 0.3 is 0 Å². The number of unbranched alkanes of at least 4 members (excludes halogenated alkanes) is 2. The fraction of sp³-hybridized carbons (Fsp3) is 1.00. The molecule has 92 valence electrons. The third kappa shape index (κ3) is 7.70. The van der Waals surface area contributed by atoms with Crippen LogP contribution in [-0.2, 0) is 0 Å². The van der Waals surface area contributed by atoms with E-state index in [1.54, 1.807) is 0 Å². The minimum Gasteiger partial charge on any atom is -0.395 e. The van der Waals surface area contributed by atoms with E-state index in [0.717, 1.165) is 32.2 Å². The Morgan fingerprint density at radius 1 is 1.07 bits per heavy atom. The molecular formula is C10H26N4O. The van der Waals surface area contributed by atoms with E-state index >= 15 is 0 Å². The van der Waals surface area contributed by atoms with Gasteiger partial charge in [0.15, 0.2) is 0 Å². The molecule has 0 heterocycles. The first-order chi connectivity index (χ1) is 7.26. The first kappa shape index (κ1) is 14.8. The largest absolute Gasteiger partial charge is 0.395 e. The monoisotopic (exact) mass is 218 g/mol. The quantitative estimate of drug-likeness (QED) is 0.294. The zero-order valence-electron chi connectivity index (χ0n) is 9.49. The maximum atomic E-state index is 9.12. The lowest BCUT2D eigenvalue weighted by Gasteiger charge is -2.23. The first-order valence-corrected chi connectivity index (χ1v) is 5.76. The van der Waals surface area contributed by atoms with Crippen molar-refractivity contribution < 1.29 is 5.11 Å². The number of nitrogens with two attached hydrogens (primary N) is 3. The molecule has 0 aromatic rings. The summed E-state index contributed by atoms with van der Waals surface area (Å²) in [7, 11) is 0. The number of rotatable bonds is 10. The van der Waals surface area contributed by atoms with E-state index in [2.05, 4.69) is 5.32 Å². The van der Waals surface area contributed by atoms with E-state index in [9.17, 15) is 0 Å². The van der Waals surface area contributed by atoms with Gasteiger partial charge in [-0.3, -0.25) is 0 Å². The van der Waals surface area contributed by atoms with Crippen LogP contribution in [0.2, 0.25) is 0 Å². The van der Waals surface area contributed by atoms with Gasteiger partial charge < -0.3 is 27.6 Å². The van der Waals surface area contributed by atoms with E-state index in [4.69, 9.17) is 22.3 Å². The molecule has 0 amide bonds. The van der Waals surface area contributed by atoms with Crippen LogP contribution >= 0.6 is 0 Å². The van der Waals surface area contributed by atoms with E-state index in [1.807, 2.05) is 0 Å². The molecule has 0 aromatic heterocycles. The Morgan fingerprint density at radius 3 is 2.33 bits per heavy atom.